The molecule has 0 bridgehead atoms. The van der Waals surface area contributed by atoms with E-state index in [4.69, 9.17) is 38.9 Å². The number of aromatic hydroxyl groups is 1. The molecule has 0 spiro atoms. The zero-order chi connectivity index (χ0) is 33.5. The van der Waals surface area contributed by atoms with Gasteiger partial charge in [-0.3, -0.25) is 0 Å². The van der Waals surface area contributed by atoms with Crippen LogP contribution in [0.5, 0.6) is 11.5 Å². The molecule has 246 valence electrons. The van der Waals surface area contributed by atoms with Crippen LogP contribution in [0.3, 0.4) is 0 Å². The number of aliphatic hydroxyl groups is 4. The summed E-state index contributed by atoms with van der Waals surface area (Å²) in [5.41, 5.74) is -1.52. The van der Waals surface area contributed by atoms with Crippen LogP contribution in [-0.4, -0.2) is 94.1 Å². The number of phenolic OH excluding ortho intramolecular Hbond substituents is 1. The maximum atomic E-state index is 13.3. The summed E-state index contributed by atoms with van der Waals surface area (Å²) in [5, 5.41) is 54.7. The highest BCUT2D eigenvalue weighted by molar-refractivity contribution is 6.28. The summed E-state index contributed by atoms with van der Waals surface area (Å²) in [6.07, 6.45) is -7.56. The van der Waals surface area contributed by atoms with Crippen molar-refractivity contribution in [1.82, 2.24) is 0 Å². The molecular formula is C33H30O14. The van der Waals surface area contributed by atoms with Crippen LogP contribution >= 0.6 is 0 Å². The van der Waals surface area contributed by atoms with E-state index in [1.807, 2.05) is 0 Å². The molecule has 2 aromatic heterocycles. The molecule has 10 atom stereocenters. The molecule has 2 aliphatic rings. The van der Waals surface area contributed by atoms with E-state index >= 15 is 0 Å². The number of fused-ring (bicyclic) bond motifs is 2. The Morgan fingerprint density at radius 2 is 1.51 bits per heavy atom. The predicted molar refractivity (Wildman–Crippen MR) is 163 cm³/mol. The minimum Gasteiger partial charge on any atom is -0.506 e. The van der Waals surface area contributed by atoms with Gasteiger partial charge in [0.2, 0.25) is 6.29 Å². The van der Waals surface area contributed by atoms with E-state index in [1.165, 1.54) is 44.4 Å². The maximum absolute atomic E-state index is 13.3. The van der Waals surface area contributed by atoms with E-state index in [1.54, 1.807) is 6.92 Å². The highest BCUT2D eigenvalue weighted by Crippen LogP contribution is 2.45. The average Bonchev–Trinajstić information content (AvgIpc) is 3.05. The SMILES string of the molecule is C#Cc1cc2oc(=O)c3c(O)c4cccc(O[C@@H]5O[C@H](C)[C@H](O)[C@H](O)[C@H]5O[C@H]5O[C@H](C)[C@H](O)[C@H](OC)[C@H]5O)c4c4oc(=O)c(c1)c2c34. The van der Waals surface area contributed by atoms with Crippen LogP contribution < -0.4 is 16.0 Å². The molecule has 0 saturated carbocycles. The molecule has 2 aliphatic heterocycles. The number of aliphatic hydroxyl groups excluding tert-OH is 4. The van der Waals surface area contributed by atoms with Crippen molar-refractivity contribution in [3.63, 3.8) is 0 Å². The highest BCUT2D eigenvalue weighted by Gasteiger charge is 2.50. The Labute approximate surface area is 264 Å². The molecule has 5 N–H and O–H groups in total. The number of terminal acetylenes is 1. The van der Waals surface area contributed by atoms with E-state index in [2.05, 4.69) is 5.92 Å². The van der Waals surface area contributed by atoms with Crippen molar-refractivity contribution < 1.29 is 58.1 Å². The first kappa shape index (κ1) is 31.3. The number of hydrogen-bond donors (Lipinski definition) is 5. The van der Waals surface area contributed by atoms with Crippen LogP contribution in [0.1, 0.15) is 19.4 Å². The lowest BCUT2D eigenvalue weighted by Crippen LogP contribution is -2.64. The van der Waals surface area contributed by atoms with Crippen molar-refractivity contribution in [3.05, 3.63) is 56.7 Å². The monoisotopic (exact) mass is 650 g/mol. The Balaban J connectivity index is 1.39. The lowest BCUT2D eigenvalue weighted by atomic mass is 9.96. The summed E-state index contributed by atoms with van der Waals surface area (Å²) in [6, 6.07) is 7.29. The fourth-order valence-electron chi connectivity index (χ4n) is 6.50. The van der Waals surface area contributed by atoms with Crippen molar-refractivity contribution in [2.45, 2.75) is 75.3 Å². The van der Waals surface area contributed by atoms with E-state index < -0.39 is 78.4 Å². The lowest BCUT2D eigenvalue weighted by molar-refractivity contribution is -0.353. The van der Waals surface area contributed by atoms with Gasteiger partial charge in [0.1, 0.15) is 53.0 Å². The van der Waals surface area contributed by atoms with E-state index in [0.29, 0.717) is 0 Å². The molecule has 14 nitrogen and oxygen atoms in total. The Morgan fingerprint density at radius 3 is 2.23 bits per heavy atom. The van der Waals surface area contributed by atoms with Crippen molar-refractivity contribution in [2.75, 3.05) is 7.11 Å². The average molecular weight is 651 g/mol. The largest absolute Gasteiger partial charge is 0.506 e. The fraction of sp³-hybridized carbons (Fsp3) is 0.394. The van der Waals surface area contributed by atoms with Crippen LogP contribution in [0, 0.1) is 12.3 Å². The fourth-order valence-corrected chi connectivity index (χ4v) is 6.50. The molecule has 0 radical (unpaired) electrons. The van der Waals surface area contributed by atoms with Gasteiger partial charge in [0.05, 0.1) is 23.0 Å². The van der Waals surface area contributed by atoms with Gasteiger partial charge in [-0.2, -0.15) is 0 Å². The van der Waals surface area contributed by atoms with Crippen LogP contribution in [0.15, 0.2) is 48.8 Å². The first-order valence-corrected chi connectivity index (χ1v) is 14.7. The van der Waals surface area contributed by atoms with E-state index in [-0.39, 0.29) is 54.8 Å². The maximum Gasteiger partial charge on any atom is 0.348 e. The summed E-state index contributed by atoms with van der Waals surface area (Å²) in [6.45, 7) is 3.04. The second-order valence-electron chi connectivity index (χ2n) is 11.7. The predicted octanol–water partition coefficient (Wildman–Crippen LogP) is 1.04. The summed E-state index contributed by atoms with van der Waals surface area (Å²) in [5.74, 6) is 1.92. The van der Waals surface area contributed by atoms with Gasteiger partial charge in [0, 0.05) is 28.8 Å². The summed E-state index contributed by atoms with van der Waals surface area (Å²) >= 11 is 0. The van der Waals surface area contributed by atoms with Gasteiger partial charge in [-0.1, -0.05) is 18.1 Å². The van der Waals surface area contributed by atoms with Gasteiger partial charge in [0.25, 0.3) is 0 Å². The highest BCUT2D eigenvalue weighted by atomic mass is 16.8. The Hall–Kier alpha value is -4.30. The van der Waals surface area contributed by atoms with Gasteiger partial charge < -0.3 is 58.1 Å². The number of hydrogen-bond acceptors (Lipinski definition) is 14. The third kappa shape index (κ3) is 4.74. The van der Waals surface area contributed by atoms with Crippen LogP contribution in [0.4, 0.5) is 0 Å². The topological polar surface area (TPSA) is 208 Å². The van der Waals surface area contributed by atoms with Crippen LogP contribution in [0.2, 0.25) is 0 Å². The number of rotatable bonds is 5. The van der Waals surface area contributed by atoms with Crippen molar-refractivity contribution in [2.24, 2.45) is 0 Å². The third-order valence-corrected chi connectivity index (χ3v) is 8.94. The lowest BCUT2D eigenvalue weighted by Gasteiger charge is -2.46. The summed E-state index contributed by atoms with van der Waals surface area (Å²) in [7, 11) is 1.30. The number of ether oxygens (including phenoxy) is 5. The number of methoxy groups -OCH3 is 1. The van der Waals surface area contributed by atoms with Gasteiger partial charge in [-0.15, -0.1) is 6.42 Å². The molecular weight excluding hydrogens is 620 g/mol. The third-order valence-electron chi connectivity index (χ3n) is 8.94. The standard InChI is InChI=1S/C33H30O14/c1-5-13-9-15-18-17(10-13)44-31(40)21-20(18)27(46-30(15)39)19-14(24(21)36)7-6-8-16(19)45-33-29(25(37)22(34)11(2)43-33)47-32-26(38)28(41-4)23(35)12(3)42-32/h1,6-12,22-23,25-26,28-29,32-38H,2-4H3/t11-,12-,22+,23+,25+,26-,28+,29-,32-,33+/m1/s1. The smallest absolute Gasteiger partial charge is 0.348 e. The second kappa shape index (κ2) is 11.4. The molecule has 3 aromatic carbocycles. The van der Waals surface area contributed by atoms with Crippen molar-refractivity contribution in [1.29, 1.82) is 0 Å². The van der Waals surface area contributed by atoms with Gasteiger partial charge in [-0.05, 0) is 32.0 Å². The number of phenols is 1. The van der Waals surface area contributed by atoms with Crippen LogP contribution in [0.25, 0.3) is 43.5 Å². The molecule has 4 heterocycles. The molecule has 0 aliphatic carbocycles. The second-order valence-corrected chi connectivity index (χ2v) is 11.7. The normalized spacial score (nSPS) is 31.5. The Morgan fingerprint density at radius 1 is 0.787 bits per heavy atom. The van der Waals surface area contributed by atoms with Crippen LogP contribution in [-0.2, 0) is 18.9 Å². The zero-order valence-corrected chi connectivity index (χ0v) is 25.1. The molecule has 14 heteroatoms. The Kier molecular flexibility index (Phi) is 7.62. The molecule has 7 rings (SSSR count). The molecule has 2 fully saturated rings. The van der Waals surface area contributed by atoms with E-state index in [0.717, 1.165) is 0 Å². The minimum atomic E-state index is -1.62. The van der Waals surface area contributed by atoms with Gasteiger partial charge >= 0.3 is 11.3 Å². The Bertz CT molecular complexity index is 2160. The number of benzene rings is 3. The van der Waals surface area contributed by atoms with Crippen molar-refractivity contribution in [3.8, 4) is 23.8 Å². The van der Waals surface area contributed by atoms with Gasteiger partial charge in [0.15, 0.2) is 18.0 Å². The molecule has 5 aromatic rings. The summed E-state index contributed by atoms with van der Waals surface area (Å²) < 4.78 is 40.3. The first-order chi connectivity index (χ1) is 22.4. The minimum absolute atomic E-state index is 0.0118. The molecule has 0 unspecified atom stereocenters. The zero-order valence-electron chi connectivity index (χ0n) is 25.1. The van der Waals surface area contributed by atoms with Crippen molar-refractivity contribution >= 4 is 43.5 Å². The van der Waals surface area contributed by atoms with E-state index in [9.17, 15) is 35.1 Å². The molecule has 47 heavy (non-hydrogen) atoms. The summed E-state index contributed by atoms with van der Waals surface area (Å²) in [4.78, 5) is 26.5. The van der Waals surface area contributed by atoms with Gasteiger partial charge in [-0.25, -0.2) is 9.59 Å². The first-order valence-electron chi connectivity index (χ1n) is 14.7. The molecule has 2 saturated heterocycles. The quantitative estimate of drug-likeness (QED) is 0.0780. The molecule has 0 amide bonds.